The monoisotopic (exact) mass is 541 g/mol. The Labute approximate surface area is 214 Å². The van der Waals surface area contributed by atoms with E-state index in [1.807, 2.05) is 0 Å². The van der Waals surface area contributed by atoms with Crippen LogP contribution >= 0.6 is 23.2 Å². The minimum atomic E-state index is -4.26. The highest BCUT2D eigenvalue weighted by Gasteiger charge is 2.31. The van der Waals surface area contributed by atoms with Gasteiger partial charge in [-0.1, -0.05) is 41.4 Å². The highest BCUT2D eigenvalue weighted by molar-refractivity contribution is 7.93. The molecule has 2 N–H and O–H groups in total. The summed E-state index contributed by atoms with van der Waals surface area (Å²) in [4.78, 5) is -0.221. The average molecular weight is 542 g/mol. The van der Waals surface area contributed by atoms with Crippen LogP contribution < -0.4 is 4.31 Å². The van der Waals surface area contributed by atoms with Crippen molar-refractivity contribution in [3.63, 3.8) is 0 Å². The van der Waals surface area contributed by atoms with E-state index in [9.17, 15) is 23.0 Å². The van der Waals surface area contributed by atoms with Crippen LogP contribution in [0, 0.1) is 5.82 Å². The topological polar surface area (TPSA) is 95.7 Å². The smallest absolute Gasteiger partial charge is 0.269 e. The average Bonchev–Trinajstić information content (AvgIpc) is 3.17. The zero-order valence-electron chi connectivity index (χ0n) is 19.4. The number of halogens is 3. The van der Waals surface area contributed by atoms with Crippen LogP contribution in [0.1, 0.15) is 38.3 Å². The first-order valence-electron chi connectivity index (χ1n) is 10.8. The van der Waals surface area contributed by atoms with E-state index in [4.69, 9.17) is 23.2 Å². The lowest BCUT2D eigenvalue weighted by atomic mass is 10.0. The van der Waals surface area contributed by atoms with Crippen molar-refractivity contribution in [3.05, 3.63) is 69.7 Å². The van der Waals surface area contributed by atoms with Crippen molar-refractivity contribution < 1.29 is 23.0 Å². The highest BCUT2D eigenvalue weighted by Crippen LogP contribution is 2.36. The summed E-state index contributed by atoms with van der Waals surface area (Å²) in [7, 11) is -4.26. The third kappa shape index (κ3) is 5.98. The minimum Gasteiger partial charge on any atom is -0.506 e. The summed E-state index contributed by atoms with van der Waals surface area (Å²) < 4.78 is 44.0. The Kier molecular flexibility index (Phi) is 8.48. The van der Waals surface area contributed by atoms with E-state index in [0.29, 0.717) is 17.7 Å². The quantitative estimate of drug-likeness (QED) is 0.344. The first kappa shape index (κ1) is 27.0. The number of aryl methyl sites for hydroxylation is 1. The standard InChI is InChI=1S/C24H26Cl2FN3O4S/c1-4-29-14-22(24(26)28-29)35(33,34)30(11-10-16(3)31)20-13-17(8-9-21(20)32)12-15(2)23-18(25)6-5-7-19(23)27/h5-9,12-14,16,31-32H,4,10-11H2,1-3H3/b15-12+. The van der Waals surface area contributed by atoms with Crippen molar-refractivity contribution in [1.29, 1.82) is 0 Å². The first-order valence-corrected chi connectivity index (χ1v) is 13.0. The number of aromatic hydroxyl groups is 1. The Morgan fingerprint density at radius 1 is 1.29 bits per heavy atom. The van der Waals surface area contributed by atoms with Gasteiger partial charge >= 0.3 is 0 Å². The van der Waals surface area contributed by atoms with E-state index in [0.717, 1.165) is 4.31 Å². The molecule has 3 aromatic rings. The summed E-state index contributed by atoms with van der Waals surface area (Å²) in [5, 5.41) is 24.5. The maximum atomic E-state index is 14.4. The van der Waals surface area contributed by atoms with Gasteiger partial charge in [0.05, 0.1) is 16.8 Å². The van der Waals surface area contributed by atoms with Crippen molar-refractivity contribution >= 4 is 50.6 Å². The third-order valence-corrected chi connectivity index (χ3v) is 7.86. The number of hydrogen-bond acceptors (Lipinski definition) is 5. The Morgan fingerprint density at radius 2 is 2.00 bits per heavy atom. The molecule has 11 heteroatoms. The van der Waals surface area contributed by atoms with Gasteiger partial charge in [0.25, 0.3) is 10.0 Å². The van der Waals surface area contributed by atoms with E-state index in [1.54, 1.807) is 32.1 Å². The molecule has 0 aliphatic carbocycles. The van der Waals surface area contributed by atoms with E-state index >= 15 is 0 Å². The van der Waals surface area contributed by atoms with Gasteiger partial charge in [-0.05, 0) is 62.6 Å². The fourth-order valence-corrected chi connectivity index (χ4v) is 5.78. The molecular formula is C24H26Cl2FN3O4S. The molecule has 3 rings (SSSR count). The van der Waals surface area contributed by atoms with E-state index in [2.05, 4.69) is 5.10 Å². The zero-order chi connectivity index (χ0) is 25.9. The number of phenolic OH excluding ortho intramolecular Hbond substituents is 1. The SMILES string of the molecule is CCn1cc(S(=O)(=O)N(CCC(C)O)c2cc(/C=C(\C)c3c(F)cccc3Cl)ccc2O)c(Cl)n1. The van der Waals surface area contributed by atoms with Crippen LogP contribution in [0.25, 0.3) is 11.6 Å². The number of aliphatic hydroxyl groups is 1. The van der Waals surface area contributed by atoms with Gasteiger partial charge in [-0.25, -0.2) is 12.8 Å². The number of allylic oxidation sites excluding steroid dienone is 1. The molecule has 0 saturated carbocycles. The summed E-state index contributed by atoms with van der Waals surface area (Å²) in [5.74, 6) is -0.786. The summed E-state index contributed by atoms with van der Waals surface area (Å²) in [6, 6.07) is 8.75. The van der Waals surface area contributed by atoms with Crippen molar-refractivity contribution in [2.24, 2.45) is 0 Å². The molecule has 0 aliphatic heterocycles. The molecule has 0 spiro atoms. The lowest BCUT2D eigenvalue weighted by molar-refractivity contribution is 0.187. The van der Waals surface area contributed by atoms with Crippen LogP contribution in [-0.2, 0) is 16.6 Å². The summed E-state index contributed by atoms with van der Waals surface area (Å²) in [5.41, 5.74) is 1.21. The highest BCUT2D eigenvalue weighted by atomic mass is 35.5. The van der Waals surface area contributed by atoms with Crippen molar-refractivity contribution in [1.82, 2.24) is 9.78 Å². The maximum absolute atomic E-state index is 14.4. The molecule has 35 heavy (non-hydrogen) atoms. The third-order valence-electron chi connectivity index (χ3n) is 5.34. The molecule has 1 aromatic heterocycles. The number of sulfonamides is 1. The van der Waals surface area contributed by atoms with E-state index in [1.165, 1.54) is 42.1 Å². The van der Waals surface area contributed by atoms with Gasteiger partial charge < -0.3 is 10.2 Å². The number of phenols is 1. The van der Waals surface area contributed by atoms with Gasteiger partial charge in [0.15, 0.2) is 5.15 Å². The summed E-state index contributed by atoms with van der Waals surface area (Å²) in [6.07, 6.45) is 2.26. The van der Waals surface area contributed by atoms with Gasteiger partial charge in [0.2, 0.25) is 0 Å². The fraction of sp³-hybridized carbons (Fsp3) is 0.292. The number of hydrogen-bond donors (Lipinski definition) is 2. The molecule has 188 valence electrons. The second-order valence-corrected chi connectivity index (χ2v) is 10.6. The predicted octanol–water partition coefficient (Wildman–Crippen LogP) is 5.58. The molecule has 1 atom stereocenters. The van der Waals surface area contributed by atoms with E-state index in [-0.39, 0.29) is 45.0 Å². The number of aromatic nitrogens is 2. The second-order valence-electron chi connectivity index (χ2n) is 8.03. The molecule has 0 saturated heterocycles. The fourth-order valence-electron chi connectivity index (χ4n) is 3.53. The van der Waals surface area contributed by atoms with Crippen LogP contribution in [0.15, 0.2) is 47.5 Å². The maximum Gasteiger partial charge on any atom is 0.269 e. The molecule has 7 nitrogen and oxygen atoms in total. The molecule has 1 unspecified atom stereocenters. The van der Waals surface area contributed by atoms with Gasteiger partial charge in [0, 0.05) is 24.8 Å². The number of aliphatic hydroxyl groups excluding tert-OH is 1. The van der Waals surface area contributed by atoms with Crippen molar-refractivity contribution in [3.8, 4) is 5.75 Å². The lowest BCUT2D eigenvalue weighted by Gasteiger charge is -2.25. The molecule has 0 fully saturated rings. The molecule has 0 radical (unpaired) electrons. The number of anilines is 1. The normalized spacial score (nSPS) is 13.2. The van der Waals surface area contributed by atoms with Crippen LogP contribution in [-0.4, -0.2) is 41.1 Å². The van der Waals surface area contributed by atoms with Crippen LogP contribution in [0.3, 0.4) is 0 Å². The van der Waals surface area contributed by atoms with Crippen LogP contribution in [0.4, 0.5) is 10.1 Å². The molecule has 0 bridgehead atoms. The lowest BCUT2D eigenvalue weighted by Crippen LogP contribution is -2.33. The molecule has 0 amide bonds. The van der Waals surface area contributed by atoms with Crippen molar-refractivity contribution in [2.75, 3.05) is 10.8 Å². The Bertz CT molecular complexity index is 1340. The van der Waals surface area contributed by atoms with Crippen molar-refractivity contribution in [2.45, 2.75) is 44.7 Å². The second kappa shape index (κ2) is 11.0. The van der Waals surface area contributed by atoms with E-state index < -0.39 is 21.9 Å². The van der Waals surface area contributed by atoms with Gasteiger partial charge in [-0.3, -0.25) is 8.99 Å². The number of nitrogens with zero attached hydrogens (tertiary/aromatic N) is 3. The molecule has 1 heterocycles. The minimum absolute atomic E-state index is 0.0212. The zero-order valence-corrected chi connectivity index (χ0v) is 21.7. The largest absolute Gasteiger partial charge is 0.506 e. The summed E-state index contributed by atoms with van der Waals surface area (Å²) in [6.45, 7) is 5.28. The van der Waals surface area contributed by atoms with Gasteiger partial charge in [-0.2, -0.15) is 5.10 Å². The Morgan fingerprint density at radius 3 is 2.60 bits per heavy atom. The predicted molar refractivity (Wildman–Crippen MR) is 137 cm³/mol. The number of rotatable bonds is 9. The van der Waals surface area contributed by atoms with Gasteiger partial charge in [-0.15, -0.1) is 0 Å². The molecular weight excluding hydrogens is 516 g/mol. The molecule has 2 aromatic carbocycles. The molecule has 0 aliphatic rings. The Balaban J connectivity index is 2.12. The van der Waals surface area contributed by atoms with Gasteiger partial charge in [0.1, 0.15) is 16.5 Å². The number of benzene rings is 2. The van der Waals surface area contributed by atoms with Crippen LogP contribution in [0.2, 0.25) is 10.2 Å². The van der Waals surface area contributed by atoms with Crippen LogP contribution in [0.5, 0.6) is 5.75 Å². The first-order chi connectivity index (χ1) is 16.4. The Hall–Kier alpha value is -2.59. The summed E-state index contributed by atoms with van der Waals surface area (Å²) >= 11 is 12.3.